The zero-order valence-electron chi connectivity index (χ0n) is 10.4. The Hall–Kier alpha value is -1.49. The Morgan fingerprint density at radius 3 is 2.56 bits per heavy atom. The van der Waals surface area contributed by atoms with Gasteiger partial charge in [-0.2, -0.15) is 0 Å². The molecule has 0 unspecified atom stereocenters. The standard InChI is InChI=1S/C13H17N3OS/c1-2-16(9-10-3-7-15-8-4-10)12(17)13(5-6-13)11(14)18/h3-4,7-8H,2,5-6,9H2,1H3,(H2,14,18). The van der Waals surface area contributed by atoms with E-state index in [4.69, 9.17) is 18.0 Å². The lowest BCUT2D eigenvalue weighted by atomic mass is 10.1. The average molecular weight is 263 g/mol. The molecule has 96 valence electrons. The van der Waals surface area contributed by atoms with Crippen LogP contribution in [-0.2, 0) is 11.3 Å². The molecule has 1 amide bonds. The number of thiocarbonyl (C=S) groups is 1. The third kappa shape index (κ3) is 2.36. The molecule has 2 rings (SSSR count). The molecule has 1 aliphatic rings. The van der Waals surface area contributed by atoms with Crippen molar-refractivity contribution >= 4 is 23.1 Å². The third-order valence-corrected chi connectivity index (χ3v) is 3.81. The molecule has 0 radical (unpaired) electrons. The fourth-order valence-electron chi connectivity index (χ4n) is 2.03. The van der Waals surface area contributed by atoms with Crippen molar-refractivity contribution in [3.05, 3.63) is 30.1 Å². The fourth-order valence-corrected chi connectivity index (χ4v) is 2.32. The number of carbonyl (C=O) groups is 1. The molecule has 1 aliphatic carbocycles. The van der Waals surface area contributed by atoms with Gasteiger partial charge in [0.05, 0.1) is 10.4 Å². The summed E-state index contributed by atoms with van der Waals surface area (Å²) in [6.45, 7) is 3.21. The summed E-state index contributed by atoms with van der Waals surface area (Å²) in [4.78, 5) is 18.6. The molecule has 0 aliphatic heterocycles. The largest absolute Gasteiger partial charge is 0.392 e. The number of rotatable bonds is 5. The summed E-state index contributed by atoms with van der Waals surface area (Å²) < 4.78 is 0. The molecular formula is C13H17N3OS. The molecule has 0 saturated heterocycles. The highest BCUT2D eigenvalue weighted by molar-refractivity contribution is 7.80. The van der Waals surface area contributed by atoms with E-state index >= 15 is 0 Å². The fraction of sp³-hybridized carbons (Fsp3) is 0.462. The monoisotopic (exact) mass is 263 g/mol. The van der Waals surface area contributed by atoms with Gasteiger partial charge >= 0.3 is 0 Å². The predicted octanol–water partition coefficient (Wildman–Crippen LogP) is 1.50. The van der Waals surface area contributed by atoms with Gasteiger partial charge in [0.25, 0.3) is 0 Å². The van der Waals surface area contributed by atoms with Crippen LogP contribution < -0.4 is 5.73 Å². The van der Waals surface area contributed by atoms with Gasteiger partial charge in [-0.3, -0.25) is 9.78 Å². The smallest absolute Gasteiger partial charge is 0.235 e. The number of nitrogens with two attached hydrogens (primary N) is 1. The molecule has 18 heavy (non-hydrogen) atoms. The number of aromatic nitrogens is 1. The summed E-state index contributed by atoms with van der Waals surface area (Å²) in [5, 5.41) is 0. The Morgan fingerprint density at radius 2 is 2.11 bits per heavy atom. The molecule has 1 heterocycles. The van der Waals surface area contributed by atoms with Crippen molar-refractivity contribution in [3.8, 4) is 0 Å². The lowest BCUT2D eigenvalue weighted by Gasteiger charge is -2.25. The van der Waals surface area contributed by atoms with Crippen molar-refractivity contribution in [3.63, 3.8) is 0 Å². The maximum atomic E-state index is 12.4. The Kier molecular flexibility index (Phi) is 3.61. The average Bonchev–Trinajstić information content (AvgIpc) is 3.18. The van der Waals surface area contributed by atoms with Gasteiger partial charge in [0, 0.05) is 25.5 Å². The summed E-state index contributed by atoms with van der Waals surface area (Å²) >= 11 is 5.02. The van der Waals surface area contributed by atoms with Crippen molar-refractivity contribution in [1.29, 1.82) is 0 Å². The summed E-state index contributed by atoms with van der Waals surface area (Å²) in [6.07, 6.45) is 5.03. The predicted molar refractivity (Wildman–Crippen MR) is 73.8 cm³/mol. The SMILES string of the molecule is CCN(Cc1ccncc1)C(=O)C1(C(N)=S)CC1. The zero-order valence-corrected chi connectivity index (χ0v) is 11.2. The van der Waals surface area contributed by atoms with Crippen LogP contribution >= 0.6 is 12.2 Å². The van der Waals surface area contributed by atoms with E-state index < -0.39 is 5.41 Å². The van der Waals surface area contributed by atoms with Crippen LogP contribution in [0.1, 0.15) is 25.3 Å². The van der Waals surface area contributed by atoms with Crippen LogP contribution in [0.15, 0.2) is 24.5 Å². The second kappa shape index (κ2) is 5.02. The lowest BCUT2D eigenvalue weighted by Crippen LogP contribution is -2.42. The number of hydrogen-bond acceptors (Lipinski definition) is 3. The van der Waals surface area contributed by atoms with E-state index in [0.717, 1.165) is 18.4 Å². The van der Waals surface area contributed by atoms with Gasteiger partial charge < -0.3 is 10.6 Å². The topological polar surface area (TPSA) is 59.2 Å². The molecule has 0 atom stereocenters. The summed E-state index contributed by atoms with van der Waals surface area (Å²) in [5.41, 5.74) is 6.20. The van der Waals surface area contributed by atoms with Gasteiger partial charge in [0.15, 0.2) is 0 Å². The van der Waals surface area contributed by atoms with Gasteiger partial charge in [0.2, 0.25) is 5.91 Å². The molecule has 0 aromatic carbocycles. The first-order valence-electron chi connectivity index (χ1n) is 6.08. The van der Waals surface area contributed by atoms with Crippen LogP contribution in [0, 0.1) is 5.41 Å². The van der Waals surface area contributed by atoms with E-state index in [1.807, 2.05) is 24.0 Å². The maximum absolute atomic E-state index is 12.4. The second-order valence-corrected chi connectivity index (χ2v) is 5.06. The van der Waals surface area contributed by atoms with Crippen LogP contribution in [0.3, 0.4) is 0 Å². The van der Waals surface area contributed by atoms with E-state index in [1.165, 1.54) is 0 Å². The van der Waals surface area contributed by atoms with Crippen LogP contribution in [0.2, 0.25) is 0 Å². The Bertz CT molecular complexity index is 457. The van der Waals surface area contributed by atoms with Crippen LogP contribution in [0.4, 0.5) is 0 Å². The van der Waals surface area contributed by atoms with Crippen LogP contribution in [-0.4, -0.2) is 27.3 Å². The highest BCUT2D eigenvalue weighted by atomic mass is 32.1. The molecule has 5 heteroatoms. The Morgan fingerprint density at radius 1 is 1.50 bits per heavy atom. The van der Waals surface area contributed by atoms with Crippen molar-refractivity contribution in [2.24, 2.45) is 11.1 Å². The molecule has 1 aromatic rings. The van der Waals surface area contributed by atoms with Crippen molar-refractivity contribution in [2.45, 2.75) is 26.3 Å². The van der Waals surface area contributed by atoms with Crippen molar-refractivity contribution < 1.29 is 4.79 Å². The molecule has 4 nitrogen and oxygen atoms in total. The third-order valence-electron chi connectivity index (χ3n) is 3.42. The number of hydrogen-bond donors (Lipinski definition) is 1. The van der Waals surface area contributed by atoms with Crippen molar-refractivity contribution in [1.82, 2.24) is 9.88 Å². The minimum absolute atomic E-state index is 0.0642. The molecular weight excluding hydrogens is 246 g/mol. The van der Waals surface area contributed by atoms with E-state index in [2.05, 4.69) is 4.98 Å². The van der Waals surface area contributed by atoms with Gasteiger partial charge in [-0.25, -0.2) is 0 Å². The van der Waals surface area contributed by atoms with Gasteiger partial charge in [-0.1, -0.05) is 12.2 Å². The molecule has 1 fully saturated rings. The van der Waals surface area contributed by atoms with E-state index in [9.17, 15) is 4.79 Å². The minimum atomic E-state index is -0.557. The number of amides is 1. The number of carbonyl (C=O) groups excluding carboxylic acids is 1. The quantitative estimate of drug-likeness (QED) is 0.818. The second-order valence-electron chi connectivity index (χ2n) is 4.62. The highest BCUT2D eigenvalue weighted by Crippen LogP contribution is 2.47. The highest BCUT2D eigenvalue weighted by Gasteiger charge is 2.54. The Labute approximate surface area is 112 Å². The van der Waals surface area contributed by atoms with Gasteiger partial charge in [0.1, 0.15) is 0 Å². The molecule has 0 bridgehead atoms. The Balaban J connectivity index is 2.10. The molecule has 2 N–H and O–H groups in total. The maximum Gasteiger partial charge on any atom is 0.235 e. The first-order chi connectivity index (χ1) is 8.60. The zero-order chi connectivity index (χ0) is 13.2. The first-order valence-corrected chi connectivity index (χ1v) is 6.49. The van der Waals surface area contributed by atoms with Gasteiger partial charge in [-0.15, -0.1) is 0 Å². The van der Waals surface area contributed by atoms with Crippen LogP contribution in [0.5, 0.6) is 0 Å². The van der Waals surface area contributed by atoms with E-state index in [1.54, 1.807) is 12.4 Å². The number of nitrogens with zero attached hydrogens (tertiary/aromatic N) is 2. The summed E-state index contributed by atoms with van der Waals surface area (Å²) in [7, 11) is 0. The summed E-state index contributed by atoms with van der Waals surface area (Å²) in [5.74, 6) is 0.0642. The molecule has 1 aromatic heterocycles. The summed E-state index contributed by atoms with van der Waals surface area (Å²) in [6, 6.07) is 3.83. The van der Waals surface area contributed by atoms with Crippen LogP contribution in [0.25, 0.3) is 0 Å². The number of pyridine rings is 1. The normalized spacial score (nSPS) is 16.1. The van der Waals surface area contributed by atoms with Gasteiger partial charge in [-0.05, 0) is 37.5 Å². The van der Waals surface area contributed by atoms with E-state index in [-0.39, 0.29) is 5.91 Å². The van der Waals surface area contributed by atoms with E-state index in [0.29, 0.717) is 18.1 Å². The molecule has 0 spiro atoms. The first kappa shape index (κ1) is 13.0. The van der Waals surface area contributed by atoms with Crippen molar-refractivity contribution in [2.75, 3.05) is 6.54 Å². The lowest BCUT2D eigenvalue weighted by molar-refractivity contribution is -0.134. The molecule has 1 saturated carbocycles. The minimum Gasteiger partial charge on any atom is -0.392 e.